The van der Waals surface area contributed by atoms with Gasteiger partial charge < -0.3 is 14.0 Å². The first-order chi connectivity index (χ1) is 10.5. The number of aromatic nitrogens is 2. The monoisotopic (exact) mass is 340 g/mol. The van der Waals surface area contributed by atoms with Gasteiger partial charge in [-0.1, -0.05) is 0 Å². The summed E-state index contributed by atoms with van der Waals surface area (Å²) in [6.07, 6.45) is 4.31. The van der Waals surface area contributed by atoms with Crippen molar-refractivity contribution in [3.8, 4) is 0 Å². The van der Waals surface area contributed by atoms with Crippen molar-refractivity contribution < 1.29 is 22.5 Å². The van der Waals surface area contributed by atoms with Crippen LogP contribution in [0.25, 0.3) is 0 Å². The molecule has 2 fully saturated rings. The topological polar surface area (TPSA) is 87.6 Å². The van der Waals surface area contributed by atoms with Gasteiger partial charge >= 0.3 is 7.12 Å². The first-order valence-corrected chi connectivity index (χ1v) is 9.33. The van der Waals surface area contributed by atoms with Gasteiger partial charge in [0.2, 0.25) is 0 Å². The van der Waals surface area contributed by atoms with Crippen molar-refractivity contribution in [3.05, 3.63) is 18.2 Å². The molecule has 0 spiro atoms. The average molecular weight is 340 g/mol. The smallest absolute Gasteiger partial charge is 0.399 e. The van der Waals surface area contributed by atoms with Crippen molar-refractivity contribution in [3.63, 3.8) is 0 Å². The van der Waals surface area contributed by atoms with Crippen molar-refractivity contribution in [2.24, 2.45) is 0 Å². The SMILES string of the molecule is CC1(C)OB(c2cnc(C3(S(C)(=O)=O)COC3)nc2)OC1(C)C. The molecule has 1 aromatic heterocycles. The molecule has 126 valence electrons. The first kappa shape index (κ1) is 16.8. The molecule has 0 N–H and O–H groups in total. The third kappa shape index (κ3) is 2.50. The molecular weight excluding hydrogens is 319 g/mol. The Kier molecular flexibility index (Phi) is 3.65. The number of rotatable bonds is 3. The van der Waals surface area contributed by atoms with E-state index in [0.29, 0.717) is 5.46 Å². The van der Waals surface area contributed by atoms with Crippen molar-refractivity contribution in [2.45, 2.75) is 43.6 Å². The molecule has 3 heterocycles. The molecule has 3 rings (SSSR count). The minimum atomic E-state index is -3.36. The molecule has 2 saturated heterocycles. The predicted octanol–water partition coefficient (Wildman–Crippen LogP) is 0.0459. The second-order valence-corrected chi connectivity index (χ2v) is 9.51. The Hall–Kier alpha value is -1.03. The van der Waals surface area contributed by atoms with Gasteiger partial charge in [-0.3, -0.25) is 0 Å². The van der Waals surface area contributed by atoms with Crippen molar-refractivity contribution in [1.29, 1.82) is 0 Å². The largest absolute Gasteiger partial charge is 0.498 e. The van der Waals surface area contributed by atoms with E-state index >= 15 is 0 Å². The molecule has 0 unspecified atom stereocenters. The van der Waals surface area contributed by atoms with E-state index in [0.717, 1.165) is 0 Å². The Morgan fingerprint density at radius 2 is 1.52 bits per heavy atom. The van der Waals surface area contributed by atoms with E-state index < -0.39 is 32.9 Å². The van der Waals surface area contributed by atoms with Crippen LogP contribution in [0, 0.1) is 0 Å². The molecule has 0 amide bonds. The summed E-state index contributed by atoms with van der Waals surface area (Å²) in [5.74, 6) is 0.256. The van der Waals surface area contributed by atoms with Crippen LogP contribution in [0.3, 0.4) is 0 Å². The van der Waals surface area contributed by atoms with E-state index in [1.54, 1.807) is 12.4 Å². The van der Waals surface area contributed by atoms with E-state index in [-0.39, 0.29) is 19.0 Å². The predicted molar refractivity (Wildman–Crippen MR) is 85.1 cm³/mol. The van der Waals surface area contributed by atoms with E-state index in [4.69, 9.17) is 14.0 Å². The third-order valence-corrected chi connectivity index (χ3v) is 6.82. The highest BCUT2D eigenvalue weighted by Crippen LogP contribution is 2.37. The number of nitrogens with zero attached hydrogens (tertiary/aromatic N) is 2. The van der Waals surface area contributed by atoms with Crippen LogP contribution in [0.5, 0.6) is 0 Å². The van der Waals surface area contributed by atoms with Crippen LogP contribution in [0.1, 0.15) is 33.5 Å². The maximum Gasteiger partial charge on any atom is 0.498 e. The number of hydrogen-bond donors (Lipinski definition) is 0. The van der Waals surface area contributed by atoms with Gasteiger partial charge in [-0.25, -0.2) is 18.4 Å². The number of hydrogen-bond acceptors (Lipinski definition) is 7. The summed E-state index contributed by atoms with van der Waals surface area (Å²) in [5, 5.41) is 0. The van der Waals surface area contributed by atoms with Gasteiger partial charge in [-0.2, -0.15) is 0 Å². The fourth-order valence-corrected chi connectivity index (χ4v) is 3.50. The second-order valence-electron chi connectivity index (χ2n) is 7.19. The van der Waals surface area contributed by atoms with E-state index in [9.17, 15) is 8.42 Å². The van der Waals surface area contributed by atoms with Crippen molar-refractivity contribution >= 4 is 22.4 Å². The minimum absolute atomic E-state index is 0.0850. The number of ether oxygens (including phenoxy) is 1. The van der Waals surface area contributed by atoms with Gasteiger partial charge in [0.15, 0.2) is 20.4 Å². The van der Waals surface area contributed by atoms with Gasteiger partial charge in [-0.15, -0.1) is 0 Å². The van der Waals surface area contributed by atoms with Gasteiger partial charge in [0.25, 0.3) is 0 Å². The van der Waals surface area contributed by atoms with Crippen LogP contribution in [0.2, 0.25) is 0 Å². The fourth-order valence-electron chi connectivity index (χ4n) is 2.47. The maximum absolute atomic E-state index is 12.0. The Morgan fingerprint density at radius 3 is 1.87 bits per heavy atom. The Labute approximate surface area is 136 Å². The summed E-state index contributed by atoms with van der Waals surface area (Å²) in [6.45, 7) is 8.03. The summed E-state index contributed by atoms with van der Waals surface area (Å²) in [4.78, 5) is 8.50. The van der Waals surface area contributed by atoms with E-state index in [1.165, 1.54) is 6.26 Å². The van der Waals surface area contributed by atoms with Gasteiger partial charge in [-0.05, 0) is 27.7 Å². The lowest BCUT2D eigenvalue weighted by atomic mass is 9.81. The Bertz CT molecular complexity index is 697. The van der Waals surface area contributed by atoms with Crippen molar-refractivity contribution in [2.75, 3.05) is 19.5 Å². The Balaban J connectivity index is 1.87. The second kappa shape index (κ2) is 4.98. The van der Waals surface area contributed by atoms with Gasteiger partial charge in [0.05, 0.1) is 24.4 Å². The highest BCUT2D eigenvalue weighted by molar-refractivity contribution is 7.91. The molecule has 0 atom stereocenters. The zero-order valence-electron chi connectivity index (χ0n) is 14.0. The van der Waals surface area contributed by atoms with Crippen LogP contribution < -0.4 is 5.46 Å². The molecule has 0 radical (unpaired) electrons. The molecule has 2 aliphatic heterocycles. The first-order valence-electron chi connectivity index (χ1n) is 7.44. The molecule has 9 heteroatoms. The average Bonchev–Trinajstić information content (AvgIpc) is 2.56. The van der Waals surface area contributed by atoms with Gasteiger partial charge in [0.1, 0.15) is 0 Å². The lowest BCUT2D eigenvalue weighted by Crippen LogP contribution is -2.53. The molecule has 2 aliphatic rings. The van der Waals surface area contributed by atoms with Crippen LogP contribution in [0.4, 0.5) is 0 Å². The lowest BCUT2D eigenvalue weighted by Gasteiger charge is -2.37. The molecule has 7 nitrogen and oxygen atoms in total. The molecule has 0 aliphatic carbocycles. The zero-order valence-corrected chi connectivity index (χ0v) is 14.8. The van der Waals surface area contributed by atoms with Crippen LogP contribution in [0.15, 0.2) is 12.4 Å². The molecule has 0 aromatic carbocycles. The summed E-state index contributed by atoms with van der Waals surface area (Å²) in [5.41, 5.74) is -0.241. The van der Waals surface area contributed by atoms with E-state index in [1.807, 2.05) is 27.7 Å². The quantitative estimate of drug-likeness (QED) is 0.718. The maximum atomic E-state index is 12.0. The standard InChI is InChI=1S/C14H21BN2O5S/c1-12(2)13(3,4)22-15(21-12)10-6-16-11(17-7-10)14(8-20-9-14)23(5,18)19/h6-7H,8-9H2,1-5H3. The highest BCUT2D eigenvalue weighted by atomic mass is 32.2. The molecule has 0 saturated carbocycles. The fraction of sp³-hybridized carbons (Fsp3) is 0.714. The van der Waals surface area contributed by atoms with Crippen molar-refractivity contribution in [1.82, 2.24) is 9.97 Å². The summed E-state index contributed by atoms with van der Waals surface area (Å²) in [7, 11) is -3.93. The lowest BCUT2D eigenvalue weighted by molar-refractivity contribution is -0.0195. The van der Waals surface area contributed by atoms with Gasteiger partial charge in [0, 0.05) is 24.1 Å². The number of sulfone groups is 1. The summed E-state index contributed by atoms with van der Waals surface area (Å²) < 4.78 is 39.9. The highest BCUT2D eigenvalue weighted by Gasteiger charge is 2.54. The summed E-state index contributed by atoms with van der Waals surface area (Å²) in [6, 6.07) is 0. The molecule has 0 bridgehead atoms. The molecular formula is C14H21BN2O5S. The molecule has 1 aromatic rings. The normalized spacial score (nSPS) is 25.2. The summed E-state index contributed by atoms with van der Waals surface area (Å²) >= 11 is 0. The van der Waals surface area contributed by atoms with Crippen LogP contribution in [-0.4, -0.2) is 56.2 Å². The zero-order chi connectivity index (χ0) is 17.1. The van der Waals surface area contributed by atoms with Crippen LogP contribution >= 0.6 is 0 Å². The Morgan fingerprint density at radius 1 is 1.04 bits per heavy atom. The third-order valence-electron chi connectivity index (χ3n) is 4.98. The van der Waals surface area contributed by atoms with Crippen LogP contribution in [-0.2, 0) is 28.6 Å². The van der Waals surface area contributed by atoms with E-state index in [2.05, 4.69) is 9.97 Å². The molecule has 23 heavy (non-hydrogen) atoms. The minimum Gasteiger partial charge on any atom is -0.399 e.